The van der Waals surface area contributed by atoms with Crippen molar-refractivity contribution in [2.45, 2.75) is 39.5 Å². The molecule has 1 aromatic carbocycles. The van der Waals surface area contributed by atoms with E-state index in [4.69, 9.17) is 17.3 Å². The second-order valence-corrected chi connectivity index (χ2v) is 9.20. The molecule has 2 aliphatic carbocycles. The van der Waals surface area contributed by atoms with Crippen molar-refractivity contribution in [3.05, 3.63) is 57.8 Å². The van der Waals surface area contributed by atoms with Gasteiger partial charge in [0.2, 0.25) is 0 Å². The summed E-state index contributed by atoms with van der Waals surface area (Å²) in [6, 6.07) is 13.8. The van der Waals surface area contributed by atoms with Crippen molar-refractivity contribution >= 4 is 11.6 Å². The van der Waals surface area contributed by atoms with E-state index in [0.29, 0.717) is 16.5 Å². The van der Waals surface area contributed by atoms with Gasteiger partial charge in [-0.2, -0.15) is 15.8 Å². The number of rotatable bonds is 1. The van der Waals surface area contributed by atoms with Crippen LogP contribution in [0.15, 0.2) is 47.2 Å². The first-order valence-electron chi connectivity index (χ1n) is 9.38. The average molecular weight is 391 g/mol. The molecule has 0 saturated carbocycles. The molecule has 0 aromatic heterocycles. The number of fused-ring (bicyclic) bond motifs is 1. The van der Waals surface area contributed by atoms with Crippen LogP contribution in [0.1, 0.15) is 45.1 Å². The van der Waals surface area contributed by atoms with Crippen molar-refractivity contribution in [1.29, 1.82) is 15.8 Å². The van der Waals surface area contributed by atoms with E-state index in [0.717, 1.165) is 24.0 Å². The fraction of sp³-hybridized carbons (Fsp3) is 0.435. The lowest BCUT2D eigenvalue weighted by Gasteiger charge is -2.47. The van der Waals surface area contributed by atoms with E-state index in [9.17, 15) is 15.8 Å². The second kappa shape index (κ2) is 7.01. The van der Waals surface area contributed by atoms with E-state index >= 15 is 0 Å². The lowest BCUT2D eigenvalue weighted by Crippen LogP contribution is -2.44. The minimum atomic E-state index is -1.60. The first kappa shape index (κ1) is 20.0. The Balaban J connectivity index is 2.31. The molecule has 0 radical (unpaired) electrons. The number of benzene rings is 1. The van der Waals surface area contributed by atoms with Crippen LogP contribution in [0.3, 0.4) is 0 Å². The Morgan fingerprint density at radius 3 is 2.39 bits per heavy atom. The number of nitriles is 3. The molecule has 4 nitrogen and oxygen atoms in total. The summed E-state index contributed by atoms with van der Waals surface area (Å²) in [6.45, 7) is 6.60. The van der Waals surface area contributed by atoms with Crippen LogP contribution in [0.5, 0.6) is 0 Å². The number of halogens is 1. The summed E-state index contributed by atoms with van der Waals surface area (Å²) in [5.41, 5.74) is 6.81. The first-order chi connectivity index (χ1) is 13.2. The Kier molecular flexibility index (Phi) is 5.01. The highest BCUT2D eigenvalue weighted by Gasteiger charge is 2.55. The summed E-state index contributed by atoms with van der Waals surface area (Å²) in [6.07, 6.45) is 3.73. The zero-order chi connectivity index (χ0) is 20.7. The predicted molar refractivity (Wildman–Crippen MR) is 108 cm³/mol. The largest absolute Gasteiger partial charge is 0.399 e. The lowest BCUT2D eigenvalue weighted by atomic mass is 9.54. The Labute approximate surface area is 171 Å². The van der Waals surface area contributed by atoms with Gasteiger partial charge in [0.05, 0.1) is 23.4 Å². The topological polar surface area (TPSA) is 97.4 Å². The van der Waals surface area contributed by atoms with E-state index in [-0.39, 0.29) is 17.0 Å². The Hall–Kier alpha value is -2.74. The first-order valence-corrected chi connectivity index (χ1v) is 9.76. The zero-order valence-corrected chi connectivity index (χ0v) is 17.1. The highest BCUT2D eigenvalue weighted by molar-refractivity contribution is 6.30. The molecule has 2 aliphatic rings. The second-order valence-electron chi connectivity index (χ2n) is 8.77. The SMILES string of the molecule is CC(C)(C)[C@H]1CC=C2C(C#N)=C(N)C(C#N)(C#N)[C@H](c3cccc(Cl)c3)[C@H]2C1. The molecule has 0 saturated heterocycles. The van der Waals surface area contributed by atoms with E-state index in [1.165, 1.54) is 0 Å². The minimum Gasteiger partial charge on any atom is -0.399 e. The summed E-state index contributed by atoms with van der Waals surface area (Å²) in [4.78, 5) is 0. The summed E-state index contributed by atoms with van der Waals surface area (Å²) in [5, 5.41) is 30.5. The van der Waals surface area contributed by atoms with E-state index < -0.39 is 11.3 Å². The molecule has 2 N–H and O–H groups in total. The van der Waals surface area contributed by atoms with Gasteiger partial charge in [-0.3, -0.25) is 0 Å². The maximum atomic E-state index is 10.1. The van der Waals surface area contributed by atoms with Gasteiger partial charge in [0, 0.05) is 10.9 Å². The highest BCUT2D eigenvalue weighted by atomic mass is 35.5. The molecule has 28 heavy (non-hydrogen) atoms. The molecular formula is C23H23ClN4. The van der Waals surface area contributed by atoms with Gasteiger partial charge in [0.25, 0.3) is 0 Å². The molecule has 0 heterocycles. The van der Waals surface area contributed by atoms with Gasteiger partial charge in [-0.05, 0) is 53.4 Å². The van der Waals surface area contributed by atoms with Gasteiger partial charge in [0.15, 0.2) is 5.41 Å². The van der Waals surface area contributed by atoms with E-state index in [2.05, 4.69) is 45.1 Å². The maximum absolute atomic E-state index is 10.1. The molecule has 0 spiro atoms. The minimum absolute atomic E-state index is 0.0571. The van der Waals surface area contributed by atoms with Crippen molar-refractivity contribution in [3.8, 4) is 18.2 Å². The number of allylic oxidation sites excluding steroid dienone is 4. The van der Waals surface area contributed by atoms with E-state index in [1.54, 1.807) is 12.1 Å². The third-order valence-corrected chi connectivity index (χ3v) is 6.54. The van der Waals surface area contributed by atoms with Gasteiger partial charge in [-0.25, -0.2) is 0 Å². The average Bonchev–Trinajstić information content (AvgIpc) is 2.66. The molecule has 0 unspecified atom stereocenters. The fourth-order valence-corrected chi connectivity index (χ4v) is 4.87. The summed E-state index contributed by atoms with van der Waals surface area (Å²) in [5.74, 6) is -0.246. The van der Waals surface area contributed by atoms with Crippen molar-refractivity contribution in [1.82, 2.24) is 0 Å². The monoisotopic (exact) mass is 390 g/mol. The standard InChI is InChI=1S/C23H23ClN4/c1-22(2,3)15-7-8-17-18(10-15)20(14-5-4-6-16(24)9-14)23(12-26,13-27)21(28)19(17)11-25/h4-6,8-9,15,18,20H,7,10,28H2,1-3H3/t15-,18-,20+/m0/s1. The summed E-state index contributed by atoms with van der Waals surface area (Å²) < 4.78 is 0. The van der Waals surface area contributed by atoms with Crippen LogP contribution in [-0.2, 0) is 0 Å². The van der Waals surface area contributed by atoms with Crippen molar-refractivity contribution in [2.24, 2.45) is 28.4 Å². The van der Waals surface area contributed by atoms with Crippen LogP contribution < -0.4 is 5.73 Å². The number of nitrogens with zero attached hydrogens (tertiary/aromatic N) is 3. The van der Waals surface area contributed by atoms with E-state index in [1.807, 2.05) is 12.1 Å². The molecule has 5 heteroatoms. The van der Waals surface area contributed by atoms with Gasteiger partial charge >= 0.3 is 0 Å². The van der Waals surface area contributed by atoms with Crippen LogP contribution in [0.4, 0.5) is 0 Å². The Morgan fingerprint density at radius 1 is 1.18 bits per heavy atom. The maximum Gasteiger partial charge on any atom is 0.191 e. The Morgan fingerprint density at radius 2 is 1.86 bits per heavy atom. The molecule has 1 aromatic rings. The molecule has 0 bridgehead atoms. The molecule has 3 atom stereocenters. The number of hydrogen-bond acceptors (Lipinski definition) is 4. The summed E-state index contributed by atoms with van der Waals surface area (Å²) in [7, 11) is 0. The predicted octanol–water partition coefficient (Wildman–Crippen LogP) is 5.21. The molecular weight excluding hydrogens is 368 g/mol. The van der Waals surface area contributed by atoms with Gasteiger partial charge in [-0.15, -0.1) is 0 Å². The van der Waals surface area contributed by atoms with Crippen molar-refractivity contribution in [3.63, 3.8) is 0 Å². The van der Waals surface area contributed by atoms with Crippen LogP contribution in [0.2, 0.25) is 5.02 Å². The fourth-order valence-electron chi connectivity index (χ4n) is 4.67. The van der Waals surface area contributed by atoms with Crippen LogP contribution in [0.25, 0.3) is 0 Å². The van der Waals surface area contributed by atoms with Crippen molar-refractivity contribution < 1.29 is 0 Å². The summed E-state index contributed by atoms with van der Waals surface area (Å²) >= 11 is 6.24. The number of nitrogens with two attached hydrogens (primary N) is 1. The van der Waals surface area contributed by atoms with Crippen LogP contribution >= 0.6 is 11.6 Å². The number of hydrogen-bond donors (Lipinski definition) is 1. The quantitative estimate of drug-likeness (QED) is 0.711. The molecule has 3 rings (SSSR count). The molecule has 0 fully saturated rings. The molecule has 0 amide bonds. The van der Waals surface area contributed by atoms with Crippen LogP contribution in [0, 0.1) is 56.7 Å². The third kappa shape index (κ3) is 2.97. The smallest absolute Gasteiger partial charge is 0.191 e. The van der Waals surface area contributed by atoms with Gasteiger partial charge in [0.1, 0.15) is 6.07 Å². The Bertz CT molecular complexity index is 977. The lowest BCUT2D eigenvalue weighted by molar-refractivity contribution is 0.170. The van der Waals surface area contributed by atoms with Gasteiger partial charge < -0.3 is 5.73 Å². The van der Waals surface area contributed by atoms with Crippen molar-refractivity contribution in [2.75, 3.05) is 0 Å². The zero-order valence-electron chi connectivity index (χ0n) is 16.3. The normalized spacial score (nSPS) is 26.3. The third-order valence-electron chi connectivity index (χ3n) is 6.31. The van der Waals surface area contributed by atoms with Crippen LogP contribution in [-0.4, -0.2) is 0 Å². The highest BCUT2D eigenvalue weighted by Crippen LogP contribution is 2.58. The van der Waals surface area contributed by atoms with Gasteiger partial charge in [-0.1, -0.05) is 50.6 Å². The molecule has 0 aliphatic heterocycles. The molecule has 142 valence electrons.